The van der Waals surface area contributed by atoms with Gasteiger partial charge in [-0.15, -0.1) is 0 Å². The summed E-state index contributed by atoms with van der Waals surface area (Å²) in [5.41, 5.74) is 6.34. The van der Waals surface area contributed by atoms with Crippen molar-refractivity contribution in [2.24, 2.45) is 0 Å². The minimum absolute atomic E-state index is 0.123. The third kappa shape index (κ3) is 6.90. The van der Waals surface area contributed by atoms with E-state index in [0.29, 0.717) is 5.02 Å². The summed E-state index contributed by atoms with van der Waals surface area (Å²) in [7, 11) is 0. The summed E-state index contributed by atoms with van der Waals surface area (Å²) in [6, 6.07) is 8.08. The Balaban J connectivity index is 2.65. The summed E-state index contributed by atoms with van der Waals surface area (Å²) in [6.45, 7) is 18.7. The molecule has 0 bridgehead atoms. The van der Waals surface area contributed by atoms with E-state index in [1.807, 2.05) is 23.0 Å². The molecule has 1 aromatic carbocycles. The second kappa shape index (κ2) is 11.6. The van der Waals surface area contributed by atoms with E-state index in [4.69, 9.17) is 16.7 Å². The first-order valence-corrected chi connectivity index (χ1v) is 11.2. The van der Waals surface area contributed by atoms with Gasteiger partial charge in [-0.3, -0.25) is 4.68 Å². The van der Waals surface area contributed by atoms with E-state index in [0.717, 1.165) is 40.9 Å². The van der Waals surface area contributed by atoms with Gasteiger partial charge in [-0.1, -0.05) is 55.8 Å². The lowest BCUT2D eigenvalue weighted by Crippen LogP contribution is -2.23. The second-order valence-corrected chi connectivity index (χ2v) is 8.62. The highest BCUT2D eigenvalue weighted by atomic mass is 35.5. The molecule has 4 nitrogen and oxygen atoms in total. The van der Waals surface area contributed by atoms with Gasteiger partial charge in [-0.25, -0.2) is 0 Å². The predicted molar refractivity (Wildman–Crippen MR) is 134 cm³/mol. The zero-order valence-corrected chi connectivity index (χ0v) is 20.1. The number of nitrogens with one attached hydrogen (secondary N) is 2. The molecular formula is C26H35ClN4. The Bertz CT molecular complexity index is 944. The van der Waals surface area contributed by atoms with Gasteiger partial charge in [0, 0.05) is 29.0 Å². The SMILES string of the molecule is C=CN/C=C(\C=C(C)C)NC(c1ccc(Cl)cc1)c1cn(C(C)C)nc1C(=C)CCC. The normalized spacial score (nSPS) is 12.4. The van der Waals surface area contributed by atoms with Crippen LogP contribution in [0.15, 0.2) is 73.4 Å². The van der Waals surface area contributed by atoms with Crippen LogP contribution in [0.25, 0.3) is 5.57 Å². The Labute approximate surface area is 192 Å². The molecule has 1 aromatic heterocycles. The van der Waals surface area contributed by atoms with Crippen molar-refractivity contribution >= 4 is 17.2 Å². The number of aromatic nitrogens is 2. The van der Waals surface area contributed by atoms with Crippen LogP contribution in [0.3, 0.4) is 0 Å². The van der Waals surface area contributed by atoms with E-state index in [1.165, 1.54) is 5.57 Å². The highest BCUT2D eigenvalue weighted by molar-refractivity contribution is 6.30. The summed E-state index contributed by atoms with van der Waals surface area (Å²) in [4.78, 5) is 0. The molecule has 5 heteroatoms. The van der Waals surface area contributed by atoms with Gasteiger partial charge >= 0.3 is 0 Å². The van der Waals surface area contributed by atoms with Crippen molar-refractivity contribution in [1.82, 2.24) is 20.4 Å². The lowest BCUT2D eigenvalue weighted by atomic mass is 9.95. The molecular weight excluding hydrogens is 404 g/mol. The monoisotopic (exact) mass is 438 g/mol. The standard InChI is InChI=1S/C26H35ClN4/c1-8-10-20(7)25-24(17-31(30-25)19(5)6)26(21-11-13-22(27)14-12-21)29-23(15-18(3)4)16-28-9-2/h9,11-17,19,26,28-29H,2,7-8,10H2,1,3-6H3/b23-16+. The minimum Gasteiger partial charge on any atom is -0.373 e. The molecule has 1 atom stereocenters. The first-order valence-electron chi connectivity index (χ1n) is 10.8. The highest BCUT2D eigenvalue weighted by Gasteiger charge is 2.23. The van der Waals surface area contributed by atoms with E-state index in [1.54, 1.807) is 6.20 Å². The van der Waals surface area contributed by atoms with E-state index in [-0.39, 0.29) is 12.1 Å². The average Bonchev–Trinajstić information content (AvgIpc) is 3.16. The summed E-state index contributed by atoms with van der Waals surface area (Å²) in [6.07, 6.45) is 9.74. The van der Waals surface area contributed by atoms with E-state index < -0.39 is 0 Å². The van der Waals surface area contributed by atoms with Crippen LogP contribution in [-0.4, -0.2) is 9.78 Å². The molecule has 0 saturated carbocycles. The third-order valence-corrected chi connectivity index (χ3v) is 5.05. The molecule has 2 aromatic rings. The number of allylic oxidation sites excluding steroid dienone is 3. The van der Waals surface area contributed by atoms with Crippen molar-refractivity contribution < 1.29 is 0 Å². The Morgan fingerprint density at radius 1 is 1.23 bits per heavy atom. The molecule has 0 spiro atoms. The van der Waals surface area contributed by atoms with E-state index in [9.17, 15) is 0 Å². The summed E-state index contributed by atoms with van der Waals surface area (Å²) in [5, 5.41) is 12.4. The Kier molecular flexibility index (Phi) is 9.20. The largest absolute Gasteiger partial charge is 0.373 e. The molecule has 0 aliphatic carbocycles. The molecule has 0 fully saturated rings. The Morgan fingerprint density at radius 2 is 1.90 bits per heavy atom. The summed E-state index contributed by atoms with van der Waals surface area (Å²) in [5.74, 6) is 0. The predicted octanol–water partition coefficient (Wildman–Crippen LogP) is 7.15. The molecule has 0 aliphatic heterocycles. The van der Waals surface area contributed by atoms with E-state index >= 15 is 0 Å². The van der Waals surface area contributed by atoms with Crippen LogP contribution in [0, 0.1) is 0 Å². The fourth-order valence-electron chi connectivity index (χ4n) is 3.32. The first-order chi connectivity index (χ1) is 14.8. The lowest BCUT2D eigenvalue weighted by molar-refractivity contribution is 0.530. The summed E-state index contributed by atoms with van der Waals surface area (Å²) >= 11 is 6.18. The molecule has 2 rings (SSSR count). The highest BCUT2D eigenvalue weighted by Crippen LogP contribution is 2.32. The van der Waals surface area contributed by atoms with Crippen molar-refractivity contribution in [2.75, 3.05) is 0 Å². The third-order valence-electron chi connectivity index (χ3n) is 4.80. The van der Waals surface area contributed by atoms with Crippen LogP contribution >= 0.6 is 11.6 Å². The van der Waals surface area contributed by atoms with Gasteiger partial charge in [-0.05, 0) is 69.7 Å². The maximum absolute atomic E-state index is 6.18. The van der Waals surface area contributed by atoms with Crippen molar-refractivity contribution in [1.29, 1.82) is 0 Å². The molecule has 0 radical (unpaired) electrons. The van der Waals surface area contributed by atoms with Gasteiger partial charge in [0.25, 0.3) is 0 Å². The van der Waals surface area contributed by atoms with Crippen LogP contribution < -0.4 is 10.6 Å². The van der Waals surface area contributed by atoms with Crippen LogP contribution in [0.5, 0.6) is 0 Å². The first kappa shape index (κ1) is 24.5. The average molecular weight is 439 g/mol. The Morgan fingerprint density at radius 3 is 2.45 bits per heavy atom. The molecule has 2 N–H and O–H groups in total. The zero-order chi connectivity index (χ0) is 23.0. The minimum atomic E-state index is -0.123. The second-order valence-electron chi connectivity index (χ2n) is 8.18. The van der Waals surface area contributed by atoms with Gasteiger partial charge in [0.1, 0.15) is 0 Å². The van der Waals surface area contributed by atoms with Gasteiger partial charge in [-0.2, -0.15) is 5.10 Å². The van der Waals surface area contributed by atoms with Gasteiger partial charge in [0.2, 0.25) is 0 Å². The van der Waals surface area contributed by atoms with Gasteiger partial charge < -0.3 is 10.6 Å². The molecule has 1 unspecified atom stereocenters. The molecule has 1 heterocycles. The Hall–Kier alpha value is -2.72. The number of hydrogen-bond acceptors (Lipinski definition) is 3. The van der Waals surface area contributed by atoms with Crippen LogP contribution in [0.4, 0.5) is 0 Å². The van der Waals surface area contributed by atoms with Crippen molar-refractivity contribution in [3.63, 3.8) is 0 Å². The van der Waals surface area contributed by atoms with Crippen molar-refractivity contribution in [3.05, 3.63) is 95.2 Å². The van der Waals surface area contributed by atoms with Crippen LogP contribution in [0.2, 0.25) is 5.02 Å². The molecule has 31 heavy (non-hydrogen) atoms. The van der Waals surface area contributed by atoms with Gasteiger partial charge in [0.05, 0.1) is 17.4 Å². The van der Waals surface area contributed by atoms with Gasteiger partial charge in [0.15, 0.2) is 0 Å². The zero-order valence-electron chi connectivity index (χ0n) is 19.4. The fourth-order valence-corrected chi connectivity index (χ4v) is 3.45. The molecule has 0 saturated heterocycles. The van der Waals surface area contributed by atoms with E-state index in [2.05, 4.69) is 82.8 Å². The maximum Gasteiger partial charge on any atom is 0.0933 e. The topological polar surface area (TPSA) is 41.9 Å². The lowest BCUT2D eigenvalue weighted by Gasteiger charge is -2.22. The quantitative estimate of drug-likeness (QED) is 0.366. The number of nitrogens with zero attached hydrogens (tertiary/aromatic N) is 2. The van der Waals surface area contributed by atoms with Crippen LogP contribution in [0.1, 0.15) is 76.4 Å². The fraction of sp³-hybridized carbons (Fsp3) is 0.346. The smallest absolute Gasteiger partial charge is 0.0933 e. The summed E-state index contributed by atoms with van der Waals surface area (Å²) < 4.78 is 2.02. The van der Waals surface area contributed by atoms with Crippen molar-refractivity contribution in [2.45, 2.75) is 59.5 Å². The maximum atomic E-state index is 6.18. The van der Waals surface area contributed by atoms with Crippen molar-refractivity contribution in [3.8, 4) is 0 Å². The number of halogens is 1. The van der Waals surface area contributed by atoms with Crippen LogP contribution in [-0.2, 0) is 0 Å². The number of rotatable bonds is 11. The molecule has 0 amide bonds. The number of hydrogen-bond donors (Lipinski definition) is 2. The number of benzene rings is 1. The molecule has 0 aliphatic rings. The molecule has 166 valence electrons.